The molecule has 2 fully saturated rings. The van der Waals surface area contributed by atoms with Gasteiger partial charge >= 0.3 is 0 Å². The van der Waals surface area contributed by atoms with Gasteiger partial charge in [0.05, 0.1) is 10.3 Å². The van der Waals surface area contributed by atoms with E-state index in [-0.39, 0.29) is 10.8 Å². The van der Waals surface area contributed by atoms with E-state index in [0.717, 1.165) is 31.2 Å². The molecule has 0 saturated heterocycles. The van der Waals surface area contributed by atoms with Crippen LogP contribution in [0.25, 0.3) is 0 Å². The SMILES string of the molecule is O=C(NC1CCCCCC1)C1(c2ccc(NS(=O)(=O)c3ccccc3)cc2)CC1. The molecular weight excluding hydrogens is 384 g/mol. The zero-order chi connectivity index (χ0) is 20.3. The molecule has 4 rings (SSSR count). The van der Waals surface area contributed by atoms with Gasteiger partial charge in [0, 0.05) is 11.7 Å². The first-order chi connectivity index (χ1) is 14.0. The van der Waals surface area contributed by atoms with Gasteiger partial charge in [-0.15, -0.1) is 0 Å². The van der Waals surface area contributed by atoms with Crippen LogP contribution in [-0.4, -0.2) is 20.4 Å². The summed E-state index contributed by atoms with van der Waals surface area (Å²) in [5.41, 5.74) is 1.02. The molecule has 0 bridgehead atoms. The Bertz CT molecular complexity index is 943. The Morgan fingerprint density at radius 3 is 2.07 bits per heavy atom. The Labute approximate surface area is 173 Å². The minimum absolute atomic E-state index is 0.127. The maximum absolute atomic E-state index is 13.0. The molecule has 0 aromatic heterocycles. The van der Waals surface area contributed by atoms with Crippen molar-refractivity contribution in [3.05, 3.63) is 60.2 Å². The summed E-state index contributed by atoms with van der Waals surface area (Å²) in [6, 6.07) is 15.8. The molecule has 2 saturated carbocycles. The molecule has 29 heavy (non-hydrogen) atoms. The van der Waals surface area contributed by atoms with Crippen molar-refractivity contribution in [3.8, 4) is 0 Å². The van der Waals surface area contributed by atoms with E-state index in [9.17, 15) is 13.2 Å². The number of carbonyl (C=O) groups excluding carboxylic acids is 1. The van der Waals surface area contributed by atoms with Gasteiger partial charge in [-0.2, -0.15) is 0 Å². The Morgan fingerprint density at radius 1 is 0.862 bits per heavy atom. The van der Waals surface area contributed by atoms with Crippen LogP contribution in [0.5, 0.6) is 0 Å². The highest BCUT2D eigenvalue weighted by Crippen LogP contribution is 2.48. The highest BCUT2D eigenvalue weighted by atomic mass is 32.2. The lowest BCUT2D eigenvalue weighted by molar-refractivity contribution is -0.124. The van der Waals surface area contributed by atoms with Gasteiger partial charge in [-0.3, -0.25) is 9.52 Å². The van der Waals surface area contributed by atoms with E-state index in [1.54, 1.807) is 42.5 Å². The first-order valence-corrected chi connectivity index (χ1v) is 12.0. The summed E-state index contributed by atoms with van der Waals surface area (Å²) in [5, 5.41) is 3.28. The van der Waals surface area contributed by atoms with Crippen molar-refractivity contribution in [2.45, 2.75) is 67.7 Å². The van der Waals surface area contributed by atoms with Crippen molar-refractivity contribution in [1.29, 1.82) is 0 Å². The molecular formula is C23H28N2O3S. The van der Waals surface area contributed by atoms with E-state index in [4.69, 9.17) is 0 Å². The van der Waals surface area contributed by atoms with E-state index < -0.39 is 15.4 Å². The molecule has 2 aromatic rings. The summed E-state index contributed by atoms with van der Waals surface area (Å²) in [5.74, 6) is 0.127. The molecule has 0 spiro atoms. The van der Waals surface area contributed by atoms with Crippen molar-refractivity contribution in [1.82, 2.24) is 5.32 Å². The number of rotatable bonds is 6. The molecule has 0 atom stereocenters. The first-order valence-electron chi connectivity index (χ1n) is 10.5. The van der Waals surface area contributed by atoms with Gasteiger partial charge in [0.15, 0.2) is 0 Å². The Balaban J connectivity index is 1.44. The summed E-state index contributed by atoms with van der Waals surface area (Å²) in [6.07, 6.45) is 8.74. The highest BCUT2D eigenvalue weighted by molar-refractivity contribution is 7.92. The summed E-state index contributed by atoms with van der Waals surface area (Å²) < 4.78 is 27.6. The van der Waals surface area contributed by atoms with E-state index in [1.807, 2.05) is 12.1 Å². The standard InChI is InChI=1S/C23H28N2O3S/c26-22(24-19-8-4-1-2-5-9-19)23(16-17-23)18-12-14-20(15-13-18)25-29(27,28)21-10-6-3-7-11-21/h3,6-7,10-15,19,25H,1-2,4-5,8-9,16-17H2,(H,24,26). The van der Waals surface area contributed by atoms with Crippen molar-refractivity contribution in [2.75, 3.05) is 4.72 Å². The zero-order valence-electron chi connectivity index (χ0n) is 16.6. The van der Waals surface area contributed by atoms with E-state index in [2.05, 4.69) is 10.0 Å². The van der Waals surface area contributed by atoms with Gasteiger partial charge < -0.3 is 5.32 Å². The number of benzene rings is 2. The quantitative estimate of drug-likeness (QED) is 0.692. The Hall–Kier alpha value is -2.34. The van der Waals surface area contributed by atoms with Gasteiger partial charge in [0.1, 0.15) is 0 Å². The molecule has 2 aliphatic rings. The fraction of sp³-hybridized carbons (Fsp3) is 0.435. The number of sulfonamides is 1. The fourth-order valence-corrected chi connectivity index (χ4v) is 5.27. The summed E-state index contributed by atoms with van der Waals surface area (Å²) in [4.78, 5) is 13.2. The van der Waals surface area contributed by atoms with E-state index >= 15 is 0 Å². The monoisotopic (exact) mass is 412 g/mol. The summed E-state index contributed by atoms with van der Waals surface area (Å²) in [6.45, 7) is 0. The molecule has 6 heteroatoms. The second-order valence-corrected chi connectivity index (χ2v) is 9.92. The number of amides is 1. The normalized spacial score (nSPS) is 19.2. The van der Waals surface area contributed by atoms with Crippen LogP contribution in [0.1, 0.15) is 56.9 Å². The maximum Gasteiger partial charge on any atom is 0.261 e. The van der Waals surface area contributed by atoms with Crippen LogP contribution < -0.4 is 10.0 Å². The fourth-order valence-electron chi connectivity index (χ4n) is 4.19. The van der Waals surface area contributed by atoms with Crippen LogP contribution in [0, 0.1) is 0 Å². The molecule has 1 amide bonds. The largest absolute Gasteiger partial charge is 0.353 e. The highest BCUT2D eigenvalue weighted by Gasteiger charge is 2.51. The van der Waals surface area contributed by atoms with Crippen LogP contribution in [-0.2, 0) is 20.2 Å². The first kappa shape index (κ1) is 20.0. The van der Waals surface area contributed by atoms with Crippen LogP contribution in [0.15, 0.2) is 59.5 Å². The van der Waals surface area contributed by atoms with Crippen LogP contribution in [0.4, 0.5) is 5.69 Å². The van der Waals surface area contributed by atoms with Gasteiger partial charge in [0.25, 0.3) is 10.0 Å². The second-order valence-electron chi connectivity index (χ2n) is 8.24. The van der Waals surface area contributed by atoms with Gasteiger partial charge in [-0.1, -0.05) is 56.0 Å². The molecule has 154 valence electrons. The molecule has 0 aliphatic heterocycles. The number of carbonyl (C=O) groups is 1. The third-order valence-corrected chi connectivity index (χ3v) is 7.52. The van der Waals surface area contributed by atoms with Crippen molar-refractivity contribution >= 4 is 21.6 Å². The minimum atomic E-state index is -3.61. The molecule has 2 N–H and O–H groups in total. The molecule has 2 aliphatic carbocycles. The number of anilines is 1. The van der Waals surface area contributed by atoms with Gasteiger partial charge in [0.2, 0.25) is 5.91 Å². The topological polar surface area (TPSA) is 75.3 Å². The van der Waals surface area contributed by atoms with Gasteiger partial charge in [-0.05, 0) is 55.5 Å². The van der Waals surface area contributed by atoms with E-state index in [0.29, 0.717) is 11.7 Å². The van der Waals surface area contributed by atoms with Crippen LogP contribution >= 0.6 is 0 Å². The molecule has 0 unspecified atom stereocenters. The molecule has 0 radical (unpaired) electrons. The third-order valence-electron chi connectivity index (χ3n) is 6.12. The van der Waals surface area contributed by atoms with Crippen LogP contribution in [0.3, 0.4) is 0 Å². The molecule has 2 aromatic carbocycles. The average molecular weight is 413 g/mol. The lowest BCUT2D eigenvalue weighted by Crippen LogP contribution is -2.41. The predicted octanol–water partition coefficient (Wildman–Crippen LogP) is 4.36. The maximum atomic E-state index is 13.0. The Kier molecular flexibility index (Phi) is 5.63. The lowest BCUT2D eigenvalue weighted by Gasteiger charge is -2.22. The van der Waals surface area contributed by atoms with Crippen molar-refractivity contribution in [3.63, 3.8) is 0 Å². The molecule has 0 heterocycles. The van der Waals surface area contributed by atoms with Gasteiger partial charge in [-0.25, -0.2) is 8.42 Å². The van der Waals surface area contributed by atoms with E-state index in [1.165, 1.54) is 25.7 Å². The van der Waals surface area contributed by atoms with Crippen LogP contribution in [0.2, 0.25) is 0 Å². The number of hydrogen-bond donors (Lipinski definition) is 2. The third kappa shape index (κ3) is 4.47. The van der Waals surface area contributed by atoms with Crippen molar-refractivity contribution < 1.29 is 13.2 Å². The average Bonchev–Trinajstić information content (AvgIpc) is 3.55. The minimum Gasteiger partial charge on any atom is -0.353 e. The number of hydrogen-bond acceptors (Lipinski definition) is 3. The summed E-state index contributed by atoms with van der Waals surface area (Å²) >= 11 is 0. The summed E-state index contributed by atoms with van der Waals surface area (Å²) in [7, 11) is -3.61. The number of nitrogens with one attached hydrogen (secondary N) is 2. The Morgan fingerprint density at radius 2 is 1.48 bits per heavy atom. The zero-order valence-corrected chi connectivity index (χ0v) is 17.4. The lowest BCUT2D eigenvalue weighted by atomic mass is 9.94. The van der Waals surface area contributed by atoms with Crippen molar-refractivity contribution in [2.24, 2.45) is 0 Å². The smallest absolute Gasteiger partial charge is 0.261 e. The predicted molar refractivity (Wildman–Crippen MR) is 114 cm³/mol. The molecule has 5 nitrogen and oxygen atoms in total. The second kappa shape index (κ2) is 8.19.